The first-order valence-electron chi connectivity index (χ1n) is 10.1. The van der Waals surface area contributed by atoms with Crippen molar-refractivity contribution in [3.63, 3.8) is 0 Å². The minimum atomic E-state index is -0.827. The molecule has 0 bridgehead atoms. The minimum Gasteiger partial charge on any atom is -0.352 e. The topological polar surface area (TPSA) is 87.3 Å². The van der Waals surface area contributed by atoms with Crippen molar-refractivity contribution < 1.29 is 14.4 Å². The van der Waals surface area contributed by atoms with Gasteiger partial charge in [0.1, 0.15) is 0 Å². The van der Waals surface area contributed by atoms with E-state index in [2.05, 4.69) is 16.0 Å². The van der Waals surface area contributed by atoms with Gasteiger partial charge in [-0.25, -0.2) is 0 Å². The van der Waals surface area contributed by atoms with Crippen molar-refractivity contribution in [2.24, 2.45) is 0 Å². The van der Waals surface area contributed by atoms with Gasteiger partial charge in [-0.2, -0.15) is 0 Å². The summed E-state index contributed by atoms with van der Waals surface area (Å²) in [6, 6.07) is 25.5. The number of carbonyl (C=O) groups is 3. The second-order valence-electron chi connectivity index (χ2n) is 7.10. The van der Waals surface area contributed by atoms with Gasteiger partial charge in [0.2, 0.25) is 0 Å². The van der Waals surface area contributed by atoms with E-state index in [1.54, 1.807) is 31.2 Å². The number of nitrogens with one attached hydrogen (secondary N) is 3. The molecular weight excluding hydrogens is 390 g/mol. The van der Waals surface area contributed by atoms with Crippen LogP contribution in [0, 0.1) is 0 Å². The van der Waals surface area contributed by atoms with Crippen LogP contribution in [0.3, 0.4) is 0 Å². The number of anilines is 1. The van der Waals surface area contributed by atoms with Crippen LogP contribution in [0.1, 0.15) is 34.5 Å². The van der Waals surface area contributed by atoms with E-state index in [1.807, 2.05) is 60.7 Å². The zero-order chi connectivity index (χ0) is 22.1. The Hall–Kier alpha value is -3.93. The highest BCUT2D eigenvalue weighted by Gasteiger charge is 2.19. The first-order chi connectivity index (χ1) is 15.0. The van der Waals surface area contributed by atoms with Crippen LogP contribution in [0.4, 0.5) is 5.69 Å². The molecule has 31 heavy (non-hydrogen) atoms. The highest BCUT2D eigenvalue weighted by atomic mass is 16.2. The summed E-state index contributed by atoms with van der Waals surface area (Å²) in [5.41, 5.74) is 2.59. The van der Waals surface area contributed by atoms with E-state index in [9.17, 15) is 14.4 Å². The Kier molecular flexibility index (Phi) is 7.54. The molecule has 0 heterocycles. The Morgan fingerprint density at radius 3 is 2.10 bits per heavy atom. The summed E-state index contributed by atoms with van der Waals surface area (Å²) >= 11 is 0. The second kappa shape index (κ2) is 10.7. The molecule has 158 valence electrons. The first-order valence-corrected chi connectivity index (χ1v) is 10.1. The maximum atomic E-state index is 12.6. The van der Waals surface area contributed by atoms with E-state index in [-0.39, 0.29) is 17.6 Å². The molecule has 3 N–H and O–H groups in total. The van der Waals surface area contributed by atoms with Crippen molar-refractivity contribution in [2.45, 2.75) is 19.4 Å². The van der Waals surface area contributed by atoms with E-state index in [4.69, 9.17) is 0 Å². The Labute approximate surface area is 181 Å². The zero-order valence-electron chi connectivity index (χ0n) is 17.3. The standard InChI is InChI=1S/C25H25N3O3/c1-18(20-12-6-3-7-13-20)27-24(30)25(31)28-22-15-9-8-14-21(22)23(29)26-17-16-19-10-4-2-5-11-19/h2-15,18H,16-17H2,1H3,(H,26,29)(H,27,30)(H,28,31)/t18-/m1/s1. The van der Waals surface area contributed by atoms with E-state index >= 15 is 0 Å². The zero-order valence-corrected chi connectivity index (χ0v) is 17.3. The lowest BCUT2D eigenvalue weighted by Crippen LogP contribution is -2.37. The quantitative estimate of drug-likeness (QED) is 0.517. The van der Waals surface area contributed by atoms with E-state index in [1.165, 1.54) is 0 Å². The summed E-state index contributed by atoms with van der Waals surface area (Å²) in [6.45, 7) is 2.26. The number of rotatable bonds is 7. The van der Waals surface area contributed by atoms with Crippen LogP contribution in [0.2, 0.25) is 0 Å². The number of carbonyl (C=O) groups excluding carboxylic acids is 3. The van der Waals surface area contributed by atoms with Crippen LogP contribution in [0.5, 0.6) is 0 Å². The largest absolute Gasteiger partial charge is 0.352 e. The van der Waals surface area contributed by atoms with Crippen molar-refractivity contribution in [1.29, 1.82) is 0 Å². The molecule has 0 fully saturated rings. The summed E-state index contributed by atoms with van der Waals surface area (Å²) in [5, 5.41) is 8.06. The number of hydrogen-bond acceptors (Lipinski definition) is 3. The average molecular weight is 415 g/mol. The summed E-state index contributed by atoms with van der Waals surface area (Å²) < 4.78 is 0. The predicted molar refractivity (Wildman–Crippen MR) is 121 cm³/mol. The number of benzene rings is 3. The molecule has 3 rings (SSSR count). The molecule has 3 aromatic carbocycles. The average Bonchev–Trinajstić information content (AvgIpc) is 2.80. The van der Waals surface area contributed by atoms with Gasteiger partial charge >= 0.3 is 11.8 Å². The number of amides is 3. The number of hydrogen-bond donors (Lipinski definition) is 3. The summed E-state index contributed by atoms with van der Waals surface area (Å²) in [7, 11) is 0. The third-order valence-electron chi connectivity index (χ3n) is 4.82. The lowest BCUT2D eigenvalue weighted by atomic mass is 10.1. The number of para-hydroxylation sites is 1. The van der Waals surface area contributed by atoms with Gasteiger partial charge in [0.15, 0.2) is 0 Å². The monoisotopic (exact) mass is 415 g/mol. The Morgan fingerprint density at radius 2 is 1.39 bits per heavy atom. The smallest absolute Gasteiger partial charge is 0.313 e. The van der Waals surface area contributed by atoms with E-state index in [0.29, 0.717) is 18.5 Å². The SMILES string of the molecule is C[C@@H](NC(=O)C(=O)Nc1ccccc1C(=O)NCCc1ccccc1)c1ccccc1. The van der Waals surface area contributed by atoms with Crippen molar-refractivity contribution >= 4 is 23.4 Å². The molecular formula is C25H25N3O3. The van der Waals surface area contributed by atoms with Gasteiger partial charge in [0.05, 0.1) is 17.3 Å². The molecule has 0 aliphatic heterocycles. The summed E-state index contributed by atoms with van der Waals surface area (Å²) in [5.74, 6) is -1.91. The maximum absolute atomic E-state index is 12.6. The molecule has 3 amide bonds. The molecule has 0 aliphatic carbocycles. The lowest BCUT2D eigenvalue weighted by molar-refractivity contribution is -0.136. The van der Waals surface area contributed by atoms with Crippen molar-refractivity contribution in [2.75, 3.05) is 11.9 Å². The van der Waals surface area contributed by atoms with Crippen LogP contribution in [-0.2, 0) is 16.0 Å². The van der Waals surface area contributed by atoms with Crippen molar-refractivity contribution in [3.05, 3.63) is 102 Å². The van der Waals surface area contributed by atoms with Gasteiger partial charge in [0, 0.05) is 6.54 Å². The van der Waals surface area contributed by atoms with Crippen LogP contribution in [0.25, 0.3) is 0 Å². The van der Waals surface area contributed by atoms with Crippen molar-refractivity contribution in [1.82, 2.24) is 10.6 Å². The molecule has 0 saturated carbocycles. The molecule has 6 heteroatoms. The van der Waals surface area contributed by atoms with Gasteiger partial charge < -0.3 is 16.0 Å². The molecule has 0 saturated heterocycles. The van der Waals surface area contributed by atoms with Crippen LogP contribution >= 0.6 is 0 Å². The lowest BCUT2D eigenvalue weighted by Gasteiger charge is -2.15. The molecule has 1 atom stereocenters. The predicted octanol–water partition coefficient (Wildman–Crippen LogP) is 3.48. The van der Waals surface area contributed by atoms with Gasteiger partial charge in [-0.15, -0.1) is 0 Å². The van der Waals surface area contributed by atoms with Crippen LogP contribution in [-0.4, -0.2) is 24.3 Å². The van der Waals surface area contributed by atoms with Gasteiger partial charge in [-0.3, -0.25) is 14.4 Å². The second-order valence-corrected chi connectivity index (χ2v) is 7.10. The molecule has 6 nitrogen and oxygen atoms in total. The Morgan fingerprint density at radius 1 is 0.774 bits per heavy atom. The fourth-order valence-corrected chi connectivity index (χ4v) is 3.12. The highest BCUT2D eigenvalue weighted by molar-refractivity contribution is 6.40. The fraction of sp³-hybridized carbons (Fsp3) is 0.160. The van der Waals surface area contributed by atoms with Gasteiger partial charge in [0.25, 0.3) is 5.91 Å². The summed E-state index contributed by atoms with van der Waals surface area (Å²) in [6.07, 6.45) is 0.695. The Bertz CT molecular complexity index is 1040. The third-order valence-corrected chi connectivity index (χ3v) is 4.82. The van der Waals surface area contributed by atoms with E-state index < -0.39 is 11.8 Å². The molecule has 0 aromatic heterocycles. The molecule has 0 radical (unpaired) electrons. The molecule has 0 aliphatic rings. The highest BCUT2D eigenvalue weighted by Crippen LogP contribution is 2.16. The fourth-order valence-electron chi connectivity index (χ4n) is 3.12. The van der Waals surface area contributed by atoms with Crippen molar-refractivity contribution in [3.8, 4) is 0 Å². The van der Waals surface area contributed by atoms with Gasteiger partial charge in [-0.1, -0.05) is 72.8 Å². The van der Waals surface area contributed by atoms with Crippen LogP contribution < -0.4 is 16.0 Å². The minimum absolute atomic E-state index is 0.284. The Balaban J connectivity index is 1.58. The summed E-state index contributed by atoms with van der Waals surface area (Å²) in [4.78, 5) is 37.3. The normalized spacial score (nSPS) is 11.3. The molecule has 3 aromatic rings. The molecule has 0 unspecified atom stereocenters. The van der Waals surface area contributed by atoms with E-state index in [0.717, 1.165) is 11.1 Å². The van der Waals surface area contributed by atoms with Crippen LogP contribution in [0.15, 0.2) is 84.9 Å². The van der Waals surface area contributed by atoms with Gasteiger partial charge in [-0.05, 0) is 36.6 Å². The third kappa shape index (κ3) is 6.27. The maximum Gasteiger partial charge on any atom is 0.313 e. The first kappa shape index (κ1) is 21.8. The molecule has 0 spiro atoms.